The number of nitrogens with zero attached hydrogens (tertiary/aromatic N) is 1. The summed E-state index contributed by atoms with van der Waals surface area (Å²) in [5.74, 6) is 1.02. The van der Waals surface area contributed by atoms with E-state index >= 15 is 0 Å². The van der Waals surface area contributed by atoms with Crippen molar-refractivity contribution in [3.05, 3.63) is 42.5 Å². The first-order valence-corrected chi connectivity index (χ1v) is 5.58. The summed E-state index contributed by atoms with van der Waals surface area (Å²) in [6.07, 6.45) is 0. The van der Waals surface area contributed by atoms with Gasteiger partial charge in [0.05, 0.1) is 7.11 Å². The first kappa shape index (κ1) is 10.7. The highest BCUT2D eigenvalue weighted by Crippen LogP contribution is 2.35. The molecule has 3 rings (SSSR count). The Kier molecular flexibility index (Phi) is 2.41. The van der Waals surface area contributed by atoms with Crippen LogP contribution in [-0.2, 0) is 0 Å². The summed E-state index contributed by atoms with van der Waals surface area (Å²) in [7, 11) is 1.61. The van der Waals surface area contributed by atoms with Crippen LogP contribution in [-0.4, -0.2) is 12.3 Å². The highest BCUT2D eigenvalue weighted by atomic mass is 16.5. The topological polar surface area (TPSA) is 61.3 Å². The first-order chi connectivity index (χ1) is 8.79. The van der Waals surface area contributed by atoms with Gasteiger partial charge in [0.1, 0.15) is 11.1 Å². The standard InChI is InChI=1S/C14H12N2O2/c1-17-11-7-10(9-5-3-2-4-6-9)8-12-13(11)14(15)16-18-12/h2-8H,1H3,(H2,15,16). The summed E-state index contributed by atoms with van der Waals surface area (Å²) in [4.78, 5) is 0. The van der Waals surface area contributed by atoms with Crippen LogP contribution in [0.15, 0.2) is 47.0 Å². The Labute approximate surface area is 104 Å². The molecule has 1 aromatic heterocycles. The Morgan fingerprint density at radius 1 is 1.11 bits per heavy atom. The van der Waals surface area contributed by atoms with Crippen molar-refractivity contribution in [2.45, 2.75) is 0 Å². The Bertz CT molecular complexity index is 690. The van der Waals surface area contributed by atoms with Gasteiger partial charge in [0.15, 0.2) is 11.4 Å². The average molecular weight is 240 g/mol. The van der Waals surface area contributed by atoms with E-state index < -0.39 is 0 Å². The molecular weight excluding hydrogens is 228 g/mol. The number of benzene rings is 2. The zero-order valence-corrected chi connectivity index (χ0v) is 9.88. The van der Waals surface area contributed by atoms with Gasteiger partial charge in [-0.15, -0.1) is 0 Å². The van der Waals surface area contributed by atoms with Crippen molar-refractivity contribution in [2.24, 2.45) is 0 Å². The van der Waals surface area contributed by atoms with Crippen molar-refractivity contribution in [2.75, 3.05) is 12.8 Å². The summed E-state index contributed by atoms with van der Waals surface area (Å²) < 4.78 is 10.5. The molecule has 0 atom stereocenters. The molecule has 0 bridgehead atoms. The minimum Gasteiger partial charge on any atom is -0.496 e. The van der Waals surface area contributed by atoms with Crippen LogP contribution in [0.4, 0.5) is 5.82 Å². The van der Waals surface area contributed by atoms with Crippen molar-refractivity contribution in [1.82, 2.24) is 5.16 Å². The molecule has 0 radical (unpaired) electrons. The second-order valence-corrected chi connectivity index (χ2v) is 3.99. The van der Waals surface area contributed by atoms with Crippen molar-refractivity contribution >= 4 is 16.8 Å². The molecule has 4 nitrogen and oxygen atoms in total. The lowest BCUT2D eigenvalue weighted by Crippen LogP contribution is -1.89. The molecule has 1 heterocycles. The number of aromatic nitrogens is 1. The highest BCUT2D eigenvalue weighted by molar-refractivity contribution is 5.96. The van der Waals surface area contributed by atoms with Crippen LogP contribution in [0.1, 0.15) is 0 Å². The Balaban J connectivity index is 2.27. The maximum absolute atomic E-state index is 5.76. The van der Waals surface area contributed by atoms with Gasteiger partial charge < -0.3 is 15.0 Å². The van der Waals surface area contributed by atoms with E-state index in [0.717, 1.165) is 16.5 Å². The van der Waals surface area contributed by atoms with Crippen LogP contribution in [0.2, 0.25) is 0 Å². The molecule has 18 heavy (non-hydrogen) atoms. The minimum atomic E-state index is 0.349. The number of ether oxygens (including phenoxy) is 1. The first-order valence-electron chi connectivity index (χ1n) is 5.58. The zero-order chi connectivity index (χ0) is 12.5. The fraction of sp³-hybridized carbons (Fsp3) is 0.0714. The molecule has 0 spiro atoms. The third kappa shape index (κ3) is 1.59. The number of nitrogen functional groups attached to an aromatic ring is 1. The van der Waals surface area contributed by atoms with E-state index in [2.05, 4.69) is 5.16 Å². The van der Waals surface area contributed by atoms with Gasteiger partial charge in [0, 0.05) is 0 Å². The van der Waals surface area contributed by atoms with Crippen LogP contribution in [0.5, 0.6) is 5.75 Å². The van der Waals surface area contributed by atoms with Crippen LogP contribution < -0.4 is 10.5 Å². The number of rotatable bonds is 2. The van der Waals surface area contributed by atoms with Gasteiger partial charge in [0.25, 0.3) is 0 Å². The zero-order valence-electron chi connectivity index (χ0n) is 9.88. The van der Waals surface area contributed by atoms with Crippen molar-refractivity contribution in [1.29, 1.82) is 0 Å². The lowest BCUT2D eigenvalue weighted by molar-refractivity contribution is 0.419. The predicted molar refractivity (Wildman–Crippen MR) is 70.4 cm³/mol. The van der Waals surface area contributed by atoms with E-state index in [-0.39, 0.29) is 0 Å². The van der Waals surface area contributed by atoms with Gasteiger partial charge in [-0.3, -0.25) is 0 Å². The molecule has 90 valence electrons. The quantitative estimate of drug-likeness (QED) is 0.747. The molecule has 3 aromatic rings. The van der Waals surface area contributed by atoms with Crippen LogP contribution in [0.3, 0.4) is 0 Å². The van der Waals surface area contributed by atoms with Gasteiger partial charge in [0.2, 0.25) is 0 Å². The number of hydrogen-bond donors (Lipinski definition) is 1. The lowest BCUT2D eigenvalue weighted by atomic mass is 10.0. The average Bonchev–Trinajstić information content (AvgIpc) is 2.81. The number of fused-ring (bicyclic) bond motifs is 1. The number of hydrogen-bond acceptors (Lipinski definition) is 4. The Morgan fingerprint density at radius 3 is 2.61 bits per heavy atom. The van der Waals surface area contributed by atoms with E-state index in [1.165, 1.54) is 0 Å². The van der Waals surface area contributed by atoms with E-state index in [1.54, 1.807) is 7.11 Å². The molecule has 0 aliphatic heterocycles. The van der Waals surface area contributed by atoms with Gasteiger partial charge in [-0.05, 0) is 23.3 Å². The fourth-order valence-electron chi connectivity index (χ4n) is 2.02. The van der Waals surface area contributed by atoms with Crippen LogP contribution in [0, 0.1) is 0 Å². The predicted octanol–water partition coefficient (Wildman–Crippen LogP) is 3.09. The fourth-order valence-corrected chi connectivity index (χ4v) is 2.02. The van der Waals surface area contributed by atoms with Crippen LogP contribution in [0.25, 0.3) is 22.1 Å². The largest absolute Gasteiger partial charge is 0.496 e. The molecule has 2 aromatic carbocycles. The monoisotopic (exact) mass is 240 g/mol. The normalized spacial score (nSPS) is 10.7. The summed E-state index contributed by atoms with van der Waals surface area (Å²) in [5.41, 5.74) is 8.49. The van der Waals surface area contributed by atoms with Gasteiger partial charge in [-0.1, -0.05) is 35.5 Å². The molecule has 0 amide bonds. The maximum atomic E-state index is 5.76. The van der Waals surface area contributed by atoms with Crippen molar-refractivity contribution in [3.63, 3.8) is 0 Å². The van der Waals surface area contributed by atoms with Crippen molar-refractivity contribution in [3.8, 4) is 16.9 Å². The number of anilines is 1. The second-order valence-electron chi connectivity index (χ2n) is 3.99. The van der Waals surface area contributed by atoms with Gasteiger partial charge >= 0.3 is 0 Å². The summed E-state index contributed by atoms with van der Waals surface area (Å²) in [6, 6.07) is 13.9. The van der Waals surface area contributed by atoms with Crippen LogP contribution >= 0.6 is 0 Å². The van der Waals surface area contributed by atoms with E-state index in [0.29, 0.717) is 17.2 Å². The lowest BCUT2D eigenvalue weighted by Gasteiger charge is -2.06. The third-order valence-electron chi connectivity index (χ3n) is 2.89. The number of methoxy groups -OCH3 is 1. The van der Waals surface area contributed by atoms with E-state index in [9.17, 15) is 0 Å². The van der Waals surface area contributed by atoms with Gasteiger partial charge in [-0.25, -0.2) is 0 Å². The SMILES string of the molecule is COc1cc(-c2ccccc2)cc2onc(N)c12. The molecular formula is C14H12N2O2. The Hall–Kier alpha value is -2.49. The molecule has 0 unspecified atom stereocenters. The summed E-state index contributed by atoms with van der Waals surface area (Å²) >= 11 is 0. The molecule has 0 aliphatic rings. The molecule has 0 aliphatic carbocycles. The summed E-state index contributed by atoms with van der Waals surface area (Å²) in [6.45, 7) is 0. The third-order valence-corrected chi connectivity index (χ3v) is 2.89. The molecule has 2 N–H and O–H groups in total. The van der Waals surface area contributed by atoms with Crippen molar-refractivity contribution < 1.29 is 9.26 Å². The molecule has 0 saturated carbocycles. The number of nitrogens with two attached hydrogens (primary N) is 1. The second kappa shape index (κ2) is 4.07. The minimum absolute atomic E-state index is 0.349. The smallest absolute Gasteiger partial charge is 0.178 e. The Morgan fingerprint density at radius 2 is 1.89 bits per heavy atom. The van der Waals surface area contributed by atoms with E-state index in [4.69, 9.17) is 15.0 Å². The van der Waals surface area contributed by atoms with Gasteiger partial charge in [-0.2, -0.15) is 0 Å². The molecule has 0 saturated heterocycles. The molecule has 0 fully saturated rings. The molecule has 4 heteroatoms. The summed E-state index contributed by atoms with van der Waals surface area (Å²) in [5, 5.41) is 4.48. The maximum Gasteiger partial charge on any atom is 0.178 e. The highest BCUT2D eigenvalue weighted by Gasteiger charge is 2.13. The van der Waals surface area contributed by atoms with E-state index in [1.807, 2.05) is 42.5 Å².